The molecule has 0 aliphatic carbocycles. The molecule has 0 aliphatic heterocycles. The number of aliphatic imine (C=N–C) groups is 1. The maximum atomic E-state index is 5.20. The Bertz CT molecular complexity index is 614. The first kappa shape index (κ1) is 21.8. The molecular formula is C19H28IN3OS. The molecule has 0 radical (unpaired) electrons. The highest BCUT2D eigenvalue weighted by atomic mass is 127. The molecule has 0 bridgehead atoms. The van der Waals surface area contributed by atoms with Crippen LogP contribution in [0.15, 0.2) is 46.8 Å². The average Bonchev–Trinajstić information content (AvgIpc) is 3.13. The molecule has 1 aromatic carbocycles. The van der Waals surface area contributed by atoms with Gasteiger partial charge >= 0.3 is 0 Å². The highest BCUT2D eigenvalue weighted by molar-refractivity contribution is 14.0. The Labute approximate surface area is 172 Å². The van der Waals surface area contributed by atoms with Crippen molar-refractivity contribution in [3.63, 3.8) is 0 Å². The van der Waals surface area contributed by atoms with E-state index in [4.69, 9.17) is 4.74 Å². The molecule has 138 valence electrons. The summed E-state index contributed by atoms with van der Waals surface area (Å²) in [6.45, 7) is 4.04. The van der Waals surface area contributed by atoms with Gasteiger partial charge in [0.15, 0.2) is 5.96 Å². The zero-order valence-electron chi connectivity index (χ0n) is 15.1. The van der Waals surface area contributed by atoms with Gasteiger partial charge in [-0.15, -0.1) is 35.3 Å². The Morgan fingerprint density at radius 3 is 2.48 bits per heavy atom. The topological polar surface area (TPSA) is 45.7 Å². The van der Waals surface area contributed by atoms with Crippen LogP contribution in [0.3, 0.4) is 0 Å². The highest BCUT2D eigenvalue weighted by Gasteiger charge is 2.06. The molecule has 0 aliphatic rings. The quantitative estimate of drug-likeness (QED) is 0.342. The third kappa shape index (κ3) is 7.64. The molecule has 25 heavy (non-hydrogen) atoms. The summed E-state index contributed by atoms with van der Waals surface area (Å²) in [4.78, 5) is 5.67. The molecule has 4 nitrogen and oxygen atoms in total. The number of thiophene rings is 1. The largest absolute Gasteiger partial charge is 0.497 e. The van der Waals surface area contributed by atoms with Gasteiger partial charge in [0.25, 0.3) is 0 Å². The van der Waals surface area contributed by atoms with Gasteiger partial charge in [0, 0.05) is 25.0 Å². The Balaban J connectivity index is 0.00000312. The summed E-state index contributed by atoms with van der Waals surface area (Å²) in [5.41, 5.74) is 1.33. The van der Waals surface area contributed by atoms with Crippen molar-refractivity contribution in [2.45, 2.75) is 25.7 Å². The number of guanidine groups is 1. The van der Waals surface area contributed by atoms with E-state index in [0.717, 1.165) is 37.6 Å². The van der Waals surface area contributed by atoms with Gasteiger partial charge in [0.2, 0.25) is 0 Å². The SMILES string of the molecule is CN=C(NCCc1cccs1)NCCC(C)c1ccc(OC)cc1.I. The van der Waals surface area contributed by atoms with E-state index >= 15 is 0 Å². The van der Waals surface area contributed by atoms with Crippen LogP contribution in [0.1, 0.15) is 29.7 Å². The summed E-state index contributed by atoms with van der Waals surface area (Å²) in [6.07, 6.45) is 2.08. The van der Waals surface area contributed by atoms with Crippen LogP contribution < -0.4 is 15.4 Å². The molecule has 6 heteroatoms. The zero-order chi connectivity index (χ0) is 17.2. The molecular weight excluding hydrogens is 445 g/mol. The van der Waals surface area contributed by atoms with Crippen LogP contribution in [0.4, 0.5) is 0 Å². The summed E-state index contributed by atoms with van der Waals surface area (Å²) < 4.78 is 5.20. The summed E-state index contributed by atoms with van der Waals surface area (Å²) in [6, 6.07) is 12.6. The number of benzene rings is 1. The van der Waals surface area contributed by atoms with Crippen molar-refractivity contribution in [1.29, 1.82) is 0 Å². The van der Waals surface area contributed by atoms with E-state index in [1.54, 1.807) is 18.4 Å². The number of hydrogen-bond acceptors (Lipinski definition) is 3. The lowest BCUT2D eigenvalue weighted by molar-refractivity contribution is 0.414. The van der Waals surface area contributed by atoms with Gasteiger partial charge in [-0.05, 0) is 47.9 Å². The minimum Gasteiger partial charge on any atom is -0.497 e. The third-order valence-electron chi connectivity index (χ3n) is 4.02. The van der Waals surface area contributed by atoms with Crippen LogP contribution in [0, 0.1) is 0 Å². The highest BCUT2D eigenvalue weighted by Crippen LogP contribution is 2.21. The van der Waals surface area contributed by atoms with E-state index in [1.807, 2.05) is 19.2 Å². The molecule has 1 heterocycles. The second-order valence-corrected chi connectivity index (χ2v) is 6.75. The van der Waals surface area contributed by atoms with Crippen LogP contribution in [0.5, 0.6) is 5.75 Å². The molecule has 0 saturated heterocycles. The second kappa shape index (κ2) is 12.1. The van der Waals surface area contributed by atoms with Gasteiger partial charge in [-0.3, -0.25) is 4.99 Å². The van der Waals surface area contributed by atoms with Crippen LogP contribution in [-0.2, 0) is 6.42 Å². The number of nitrogens with one attached hydrogen (secondary N) is 2. The zero-order valence-corrected chi connectivity index (χ0v) is 18.3. The Hall–Kier alpha value is -1.28. The first-order chi connectivity index (χ1) is 11.7. The predicted octanol–water partition coefficient (Wildman–Crippen LogP) is 4.28. The monoisotopic (exact) mass is 473 g/mol. The van der Waals surface area contributed by atoms with Gasteiger partial charge in [0.1, 0.15) is 5.75 Å². The van der Waals surface area contributed by atoms with E-state index in [1.165, 1.54) is 10.4 Å². The summed E-state index contributed by atoms with van der Waals surface area (Å²) in [7, 11) is 3.51. The fraction of sp³-hybridized carbons (Fsp3) is 0.421. The molecule has 2 aromatic rings. The van der Waals surface area contributed by atoms with Crippen molar-refractivity contribution in [2.24, 2.45) is 4.99 Å². The van der Waals surface area contributed by atoms with E-state index in [2.05, 4.69) is 52.2 Å². The molecule has 2 N–H and O–H groups in total. The first-order valence-electron chi connectivity index (χ1n) is 8.33. The lowest BCUT2D eigenvalue weighted by atomic mass is 9.98. The minimum atomic E-state index is 0. The molecule has 0 saturated carbocycles. The maximum Gasteiger partial charge on any atom is 0.190 e. The molecule has 1 atom stereocenters. The first-order valence-corrected chi connectivity index (χ1v) is 9.21. The number of ether oxygens (including phenoxy) is 1. The van der Waals surface area contributed by atoms with Crippen LogP contribution in [0.2, 0.25) is 0 Å². The van der Waals surface area contributed by atoms with E-state index in [0.29, 0.717) is 5.92 Å². The lowest BCUT2D eigenvalue weighted by Gasteiger charge is -2.15. The number of methoxy groups -OCH3 is 1. The van der Waals surface area contributed by atoms with Crippen molar-refractivity contribution in [2.75, 3.05) is 27.2 Å². The molecule has 2 rings (SSSR count). The van der Waals surface area contributed by atoms with Gasteiger partial charge in [0.05, 0.1) is 7.11 Å². The Morgan fingerprint density at radius 1 is 1.16 bits per heavy atom. The number of halogens is 1. The third-order valence-corrected chi connectivity index (χ3v) is 4.96. The standard InChI is InChI=1S/C19H27N3OS.HI/c1-15(16-6-8-17(23-3)9-7-16)10-12-21-19(20-2)22-13-11-18-5-4-14-24-18;/h4-9,14-15H,10-13H2,1-3H3,(H2,20,21,22);1H. The molecule has 0 amide bonds. The van der Waals surface area contributed by atoms with Crippen molar-refractivity contribution in [1.82, 2.24) is 10.6 Å². The van der Waals surface area contributed by atoms with Crippen molar-refractivity contribution in [3.8, 4) is 5.75 Å². The number of rotatable bonds is 8. The van der Waals surface area contributed by atoms with Gasteiger partial charge in [-0.2, -0.15) is 0 Å². The van der Waals surface area contributed by atoms with Crippen molar-refractivity contribution < 1.29 is 4.74 Å². The number of hydrogen-bond donors (Lipinski definition) is 2. The normalized spacial score (nSPS) is 12.2. The fourth-order valence-corrected chi connectivity index (χ4v) is 3.19. The molecule has 0 spiro atoms. The Kier molecular flexibility index (Phi) is 10.6. The minimum absolute atomic E-state index is 0. The Morgan fingerprint density at radius 2 is 1.88 bits per heavy atom. The average molecular weight is 473 g/mol. The summed E-state index contributed by atoms with van der Waals surface area (Å²) in [5.74, 6) is 2.26. The van der Waals surface area contributed by atoms with Crippen LogP contribution >= 0.6 is 35.3 Å². The van der Waals surface area contributed by atoms with Crippen molar-refractivity contribution >= 4 is 41.3 Å². The maximum absolute atomic E-state index is 5.20. The fourth-order valence-electron chi connectivity index (χ4n) is 2.49. The van der Waals surface area contributed by atoms with E-state index in [-0.39, 0.29) is 24.0 Å². The summed E-state index contributed by atoms with van der Waals surface area (Å²) >= 11 is 1.79. The number of nitrogens with zero attached hydrogens (tertiary/aromatic N) is 1. The molecule has 1 aromatic heterocycles. The smallest absolute Gasteiger partial charge is 0.190 e. The molecule has 0 fully saturated rings. The van der Waals surface area contributed by atoms with Gasteiger partial charge in [-0.1, -0.05) is 25.1 Å². The predicted molar refractivity (Wildman–Crippen MR) is 119 cm³/mol. The van der Waals surface area contributed by atoms with Gasteiger partial charge < -0.3 is 15.4 Å². The van der Waals surface area contributed by atoms with Crippen LogP contribution in [-0.4, -0.2) is 33.2 Å². The lowest BCUT2D eigenvalue weighted by Crippen LogP contribution is -2.38. The second-order valence-electron chi connectivity index (χ2n) is 5.72. The summed E-state index contributed by atoms with van der Waals surface area (Å²) in [5, 5.41) is 8.87. The van der Waals surface area contributed by atoms with Crippen LogP contribution in [0.25, 0.3) is 0 Å². The van der Waals surface area contributed by atoms with Crippen molar-refractivity contribution in [3.05, 3.63) is 52.2 Å². The van der Waals surface area contributed by atoms with E-state index in [9.17, 15) is 0 Å². The van der Waals surface area contributed by atoms with Gasteiger partial charge in [-0.25, -0.2) is 0 Å². The molecule has 1 unspecified atom stereocenters. The van der Waals surface area contributed by atoms with E-state index < -0.39 is 0 Å².